The number of Topliss-reactive ketones (excluding diaryl/α,β-unsaturated/α-hetero) is 1. The first-order chi connectivity index (χ1) is 13.3. The smallest absolute Gasteiger partial charge is 0.322 e. The maximum Gasteiger partial charge on any atom is 0.454 e. The number of carbonyl (C=O) groups excluding carboxylic acids is 2. The molecule has 0 heterocycles. The summed E-state index contributed by atoms with van der Waals surface area (Å²) in [6, 6.07) is 9.17. The van der Waals surface area contributed by atoms with Gasteiger partial charge in [0.05, 0.1) is 5.56 Å². The normalized spacial score (nSPS) is 15.3. The molecule has 0 spiro atoms. The summed E-state index contributed by atoms with van der Waals surface area (Å²) in [5.74, 6) is -3.56. The molecule has 0 aliphatic heterocycles. The fraction of sp³-hybridized carbons (Fsp3) is 0.333. The number of benzene rings is 2. The van der Waals surface area contributed by atoms with Crippen LogP contribution >= 0.6 is 0 Å². The third-order valence-corrected chi connectivity index (χ3v) is 4.98. The Kier molecular flexibility index (Phi) is 5.82. The van der Waals surface area contributed by atoms with E-state index >= 15 is 0 Å². The second-order valence-corrected chi connectivity index (χ2v) is 6.93. The van der Waals surface area contributed by atoms with Crippen molar-refractivity contribution in [2.75, 3.05) is 5.32 Å². The van der Waals surface area contributed by atoms with Gasteiger partial charge in [-0.05, 0) is 54.7 Å². The molecule has 28 heavy (non-hydrogen) atoms. The number of alkyl halides is 3. The van der Waals surface area contributed by atoms with Gasteiger partial charge in [0.25, 0.3) is 11.7 Å². The predicted octanol–water partition coefficient (Wildman–Crippen LogP) is 5.87. The molecule has 1 aliphatic rings. The second-order valence-electron chi connectivity index (χ2n) is 6.93. The van der Waals surface area contributed by atoms with Gasteiger partial charge < -0.3 is 5.32 Å². The maximum atomic E-state index is 13.9. The van der Waals surface area contributed by atoms with E-state index in [1.165, 1.54) is 24.8 Å². The van der Waals surface area contributed by atoms with Crippen LogP contribution in [-0.4, -0.2) is 17.9 Å². The van der Waals surface area contributed by atoms with Gasteiger partial charge in [0.2, 0.25) is 0 Å². The first-order valence-corrected chi connectivity index (χ1v) is 9.08. The fourth-order valence-electron chi connectivity index (χ4n) is 3.48. The zero-order valence-electron chi connectivity index (χ0n) is 15.0. The summed E-state index contributed by atoms with van der Waals surface area (Å²) in [5, 5.41) is 2.46. The summed E-state index contributed by atoms with van der Waals surface area (Å²) in [7, 11) is 0. The Balaban J connectivity index is 1.74. The minimum Gasteiger partial charge on any atom is -0.322 e. The van der Waals surface area contributed by atoms with Crippen LogP contribution in [0.5, 0.6) is 0 Å². The number of rotatable bonds is 4. The lowest BCUT2D eigenvalue weighted by atomic mass is 9.84. The number of nitrogens with one attached hydrogen (secondary N) is 1. The topological polar surface area (TPSA) is 46.2 Å². The van der Waals surface area contributed by atoms with Gasteiger partial charge in [0, 0.05) is 11.3 Å². The molecule has 2 aromatic rings. The lowest BCUT2D eigenvalue weighted by Gasteiger charge is -2.22. The number of halogens is 4. The van der Waals surface area contributed by atoms with E-state index in [9.17, 15) is 27.2 Å². The Bertz CT molecular complexity index is 869. The standard InChI is InChI=1S/C21H19F4NO2/c22-18-11-8-15(19(27)21(23,24)25)12-17(18)20(28)26-16-9-6-14(7-10-16)13-4-2-1-3-5-13/h6-13H,1-5H2,(H,26,28). The van der Waals surface area contributed by atoms with E-state index < -0.39 is 34.8 Å². The second kappa shape index (κ2) is 8.12. The number of ketones is 1. The van der Waals surface area contributed by atoms with E-state index in [4.69, 9.17) is 0 Å². The van der Waals surface area contributed by atoms with Crippen LogP contribution in [0.4, 0.5) is 23.2 Å². The molecule has 1 N–H and O–H groups in total. The highest BCUT2D eigenvalue weighted by atomic mass is 19.4. The summed E-state index contributed by atoms with van der Waals surface area (Å²) in [6.07, 6.45) is 0.769. The molecule has 7 heteroatoms. The van der Waals surface area contributed by atoms with Crippen molar-refractivity contribution >= 4 is 17.4 Å². The van der Waals surface area contributed by atoms with Crippen molar-refractivity contribution in [3.63, 3.8) is 0 Å². The number of amides is 1. The summed E-state index contributed by atoms with van der Waals surface area (Å²) in [4.78, 5) is 23.6. The average Bonchev–Trinajstić information content (AvgIpc) is 2.68. The monoisotopic (exact) mass is 393 g/mol. The average molecular weight is 393 g/mol. The van der Waals surface area contributed by atoms with Gasteiger partial charge in [-0.1, -0.05) is 31.4 Å². The van der Waals surface area contributed by atoms with Crippen LogP contribution in [0.1, 0.15) is 64.3 Å². The fourth-order valence-corrected chi connectivity index (χ4v) is 3.48. The molecule has 0 atom stereocenters. The minimum atomic E-state index is -5.10. The molecule has 1 fully saturated rings. The third kappa shape index (κ3) is 4.58. The van der Waals surface area contributed by atoms with Crippen LogP contribution in [0.3, 0.4) is 0 Å². The Morgan fingerprint density at radius 2 is 1.57 bits per heavy atom. The van der Waals surface area contributed by atoms with Crippen molar-refractivity contribution in [3.8, 4) is 0 Å². The molecule has 0 saturated heterocycles. The van der Waals surface area contributed by atoms with Gasteiger partial charge in [-0.25, -0.2) is 4.39 Å². The van der Waals surface area contributed by atoms with Gasteiger partial charge in [0.1, 0.15) is 5.82 Å². The van der Waals surface area contributed by atoms with Crippen molar-refractivity contribution < 1.29 is 27.2 Å². The molecule has 2 aromatic carbocycles. The van der Waals surface area contributed by atoms with Crippen molar-refractivity contribution in [2.24, 2.45) is 0 Å². The molecule has 0 radical (unpaired) electrons. The zero-order valence-corrected chi connectivity index (χ0v) is 15.0. The molecule has 1 saturated carbocycles. The Morgan fingerprint density at radius 3 is 2.18 bits per heavy atom. The van der Waals surface area contributed by atoms with Gasteiger partial charge in [-0.15, -0.1) is 0 Å². The SMILES string of the molecule is O=C(Nc1ccc(C2CCCCC2)cc1)c1cc(C(=O)C(F)(F)F)ccc1F. The van der Waals surface area contributed by atoms with E-state index in [-0.39, 0.29) is 0 Å². The molecular weight excluding hydrogens is 374 g/mol. The quantitative estimate of drug-likeness (QED) is 0.522. The number of anilines is 1. The van der Waals surface area contributed by atoms with Crippen LogP contribution in [-0.2, 0) is 0 Å². The summed E-state index contributed by atoms with van der Waals surface area (Å²) >= 11 is 0. The number of hydrogen-bond acceptors (Lipinski definition) is 2. The number of carbonyl (C=O) groups is 2. The van der Waals surface area contributed by atoms with Gasteiger partial charge >= 0.3 is 6.18 Å². The van der Waals surface area contributed by atoms with Gasteiger partial charge in [-0.2, -0.15) is 13.2 Å². The number of hydrogen-bond donors (Lipinski definition) is 1. The summed E-state index contributed by atoms with van der Waals surface area (Å²) in [5.41, 5.74) is 0.163. The molecule has 3 nitrogen and oxygen atoms in total. The Hall–Kier alpha value is -2.70. The van der Waals surface area contributed by atoms with E-state index in [1.54, 1.807) is 12.1 Å². The molecule has 1 aliphatic carbocycles. The largest absolute Gasteiger partial charge is 0.454 e. The van der Waals surface area contributed by atoms with Crippen molar-refractivity contribution in [3.05, 3.63) is 65.0 Å². The minimum absolute atomic E-state index is 0.400. The predicted molar refractivity (Wildman–Crippen MR) is 97.0 cm³/mol. The van der Waals surface area contributed by atoms with Crippen LogP contribution in [0.2, 0.25) is 0 Å². The first kappa shape index (κ1) is 20.0. The zero-order chi connectivity index (χ0) is 20.3. The lowest BCUT2D eigenvalue weighted by molar-refractivity contribution is -0.0885. The molecule has 1 amide bonds. The highest BCUT2D eigenvalue weighted by Gasteiger charge is 2.39. The van der Waals surface area contributed by atoms with Gasteiger partial charge in [-0.3, -0.25) is 9.59 Å². The van der Waals surface area contributed by atoms with Crippen LogP contribution < -0.4 is 5.32 Å². The third-order valence-electron chi connectivity index (χ3n) is 4.98. The van der Waals surface area contributed by atoms with Crippen LogP contribution in [0, 0.1) is 5.82 Å². The van der Waals surface area contributed by atoms with Crippen molar-refractivity contribution in [1.29, 1.82) is 0 Å². The van der Waals surface area contributed by atoms with E-state index in [1.807, 2.05) is 12.1 Å². The highest BCUT2D eigenvalue weighted by molar-refractivity contribution is 6.07. The van der Waals surface area contributed by atoms with Crippen LogP contribution in [0.15, 0.2) is 42.5 Å². The molecular formula is C21H19F4NO2. The molecule has 3 rings (SSSR count). The van der Waals surface area contributed by atoms with E-state index in [2.05, 4.69) is 5.32 Å². The van der Waals surface area contributed by atoms with Gasteiger partial charge in [0.15, 0.2) is 0 Å². The van der Waals surface area contributed by atoms with E-state index in [0.717, 1.165) is 12.8 Å². The summed E-state index contributed by atoms with van der Waals surface area (Å²) in [6.45, 7) is 0. The Morgan fingerprint density at radius 1 is 0.929 bits per heavy atom. The molecule has 148 valence electrons. The lowest BCUT2D eigenvalue weighted by Crippen LogP contribution is -2.23. The van der Waals surface area contributed by atoms with Crippen molar-refractivity contribution in [1.82, 2.24) is 0 Å². The Labute approximate surface area is 159 Å². The van der Waals surface area contributed by atoms with E-state index in [0.29, 0.717) is 29.8 Å². The first-order valence-electron chi connectivity index (χ1n) is 9.08. The molecule has 0 unspecified atom stereocenters. The molecule has 0 aromatic heterocycles. The highest BCUT2D eigenvalue weighted by Crippen LogP contribution is 2.33. The van der Waals surface area contributed by atoms with Crippen molar-refractivity contribution in [2.45, 2.75) is 44.2 Å². The molecule has 0 bridgehead atoms. The summed E-state index contributed by atoms with van der Waals surface area (Å²) < 4.78 is 51.6. The van der Waals surface area contributed by atoms with Crippen LogP contribution in [0.25, 0.3) is 0 Å². The maximum absolute atomic E-state index is 13.9.